The summed E-state index contributed by atoms with van der Waals surface area (Å²) in [5.41, 5.74) is 3.21. The molecule has 2 rings (SSSR count). The highest BCUT2D eigenvalue weighted by atomic mass is 32.1. The van der Waals surface area contributed by atoms with Gasteiger partial charge in [-0.3, -0.25) is 0 Å². The molecule has 0 aromatic heterocycles. The van der Waals surface area contributed by atoms with Crippen LogP contribution < -0.4 is 10.6 Å². The van der Waals surface area contributed by atoms with Gasteiger partial charge in [0.15, 0.2) is 5.11 Å². The number of hydrogen-bond donors (Lipinski definition) is 2. The Hall–Kier alpha value is -1.94. The van der Waals surface area contributed by atoms with E-state index in [0.29, 0.717) is 5.11 Å². The highest BCUT2D eigenvalue weighted by Crippen LogP contribution is 2.17. The van der Waals surface area contributed by atoms with Crippen LogP contribution >= 0.6 is 12.2 Å². The molecule has 2 aromatic rings. The van der Waals surface area contributed by atoms with Crippen molar-refractivity contribution in [2.45, 2.75) is 26.3 Å². The lowest BCUT2D eigenvalue weighted by Crippen LogP contribution is -2.32. The van der Waals surface area contributed by atoms with Crippen LogP contribution in [0.2, 0.25) is 0 Å². The zero-order chi connectivity index (χ0) is 15.2. The number of rotatable bonds is 4. The minimum atomic E-state index is -0.259. The smallest absolute Gasteiger partial charge is 0.171 e. The molecule has 0 radical (unpaired) electrons. The highest BCUT2D eigenvalue weighted by Gasteiger charge is 2.10. The molecule has 0 bridgehead atoms. The van der Waals surface area contributed by atoms with E-state index in [4.69, 9.17) is 12.2 Å². The van der Waals surface area contributed by atoms with Crippen LogP contribution in [0.4, 0.5) is 10.1 Å². The highest BCUT2D eigenvalue weighted by molar-refractivity contribution is 7.80. The van der Waals surface area contributed by atoms with E-state index < -0.39 is 0 Å². The Balaban J connectivity index is 1.99. The van der Waals surface area contributed by atoms with Crippen LogP contribution in [0.3, 0.4) is 0 Å². The van der Waals surface area contributed by atoms with E-state index in [1.165, 1.54) is 23.3 Å². The Morgan fingerprint density at radius 2 is 1.71 bits per heavy atom. The van der Waals surface area contributed by atoms with E-state index >= 15 is 0 Å². The summed E-state index contributed by atoms with van der Waals surface area (Å²) in [6, 6.07) is 14.7. The minimum absolute atomic E-state index is 0.158. The van der Waals surface area contributed by atoms with Gasteiger partial charge >= 0.3 is 0 Å². The number of halogens is 1. The molecule has 0 spiro atoms. The standard InChI is InChI=1S/C17H19FN2S/c1-3-16(13-6-4-12(2)5-7-13)20-17(21)19-15-10-8-14(18)9-11-15/h4-11,16H,3H2,1-2H3,(H2,19,20,21)/t16-/m1/s1. The molecule has 0 fully saturated rings. The average molecular weight is 302 g/mol. The second-order valence-electron chi connectivity index (χ2n) is 4.98. The second-order valence-corrected chi connectivity index (χ2v) is 5.39. The third kappa shape index (κ3) is 4.53. The van der Waals surface area contributed by atoms with Gasteiger partial charge in [-0.25, -0.2) is 4.39 Å². The average Bonchev–Trinajstić information content (AvgIpc) is 2.48. The summed E-state index contributed by atoms with van der Waals surface area (Å²) < 4.78 is 12.9. The second kappa shape index (κ2) is 7.18. The van der Waals surface area contributed by atoms with Crippen LogP contribution in [-0.2, 0) is 0 Å². The van der Waals surface area contributed by atoms with Crippen molar-refractivity contribution >= 4 is 23.0 Å². The molecule has 2 nitrogen and oxygen atoms in total. The lowest BCUT2D eigenvalue weighted by atomic mass is 10.0. The summed E-state index contributed by atoms with van der Waals surface area (Å²) in [5, 5.41) is 6.90. The molecule has 4 heteroatoms. The van der Waals surface area contributed by atoms with Crippen LogP contribution in [0, 0.1) is 12.7 Å². The minimum Gasteiger partial charge on any atom is -0.356 e. The van der Waals surface area contributed by atoms with Gasteiger partial charge in [-0.1, -0.05) is 36.8 Å². The summed E-state index contributed by atoms with van der Waals surface area (Å²) >= 11 is 5.32. The van der Waals surface area contributed by atoms with Gasteiger partial charge in [-0.15, -0.1) is 0 Å². The Bertz CT molecular complexity index is 593. The molecule has 0 aliphatic rings. The van der Waals surface area contributed by atoms with E-state index in [-0.39, 0.29) is 11.9 Å². The molecule has 0 aliphatic heterocycles. The van der Waals surface area contributed by atoms with Crippen LogP contribution in [0.15, 0.2) is 48.5 Å². The molecule has 0 amide bonds. The van der Waals surface area contributed by atoms with Crippen molar-refractivity contribution in [3.63, 3.8) is 0 Å². The first-order valence-corrected chi connectivity index (χ1v) is 7.39. The van der Waals surface area contributed by atoms with Gasteiger partial charge in [0.05, 0.1) is 6.04 Å². The molecule has 0 unspecified atom stereocenters. The molecule has 2 aromatic carbocycles. The SMILES string of the molecule is CC[C@@H](NC(=S)Nc1ccc(F)cc1)c1ccc(C)cc1. The van der Waals surface area contributed by atoms with Gasteiger partial charge < -0.3 is 10.6 Å². The van der Waals surface area contributed by atoms with Gasteiger partial charge in [-0.2, -0.15) is 0 Å². The molecule has 0 saturated heterocycles. The van der Waals surface area contributed by atoms with E-state index in [1.807, 2.05) is 0 Å². The number of benzene rings is 2. The molecule has 2 N–H and O–H groups in total. The maximum atomic E-state index is 12.9. The summed E-state index contributed by atoms with van der Waals surface area (Å²) in [5.74, 6) is -0.259. The molecular weight excluding hydrogens is 283 g/mol. The quantitative estimate of drug-likeness (QED) is 0.809. The summed E-state index contributed by atoms with van der Waals surface area (Å²) in [6.45, 7) is 4.18. The Morgan fingerprint density at radius 1 is 1.10 bits per heavy atom. The first kappa shape index (κ1) is 15.4. The van der Waals surface area contributed by atoms with Crippen molar-refractivity contribution in [3.8, 4) is 0 Å². The summed E-state index contributed by atoms with van der Waals surface area (Å²) in [7, 11) is 0. The fourth-order valence-electron chi connectivity index (χ4n) is 2.08. The third-order valence-corrected chi connectivity index (χ3v) is 3.52. The normalized spacial score (nSPS) is 11.8. The zero-order valence-electron chi connectivity index (χ0n) is 12.2. The fraction of sp³-hybridized carbons (Fsp3) is 0.235. The largest absolute Gasteiger partial charge is 0.356 e. The number of anilines is 1. The van der Waals surface area contributed by atoms with E-state index in [1.54, 1.807) is 12.1 Å². The molecular formula is C17H19FN2S. The van der Waals surface area contributed by atoms with Crippen molar-refractivity contribution in [1.29, 1.82) is 0 Å². The van der Waals surface area contributed by atoms with E-state index in [9.17, 15) is 4.39 Å². The first-order valence-electron chi connectivity index (χ1n) is 6.98. The Labute approximate surface area is 130 Å². The third-order valence-electron chi connectivity index (χ3n) is 3.30. The monoisotopic (exact) mass is 302 g/mol. The molecule has 110 valence electrons. The van der Waals surface area contributed by atoms with Crippen LogP contribution in [-0.4, -0.2) is 5.11 Å². The van der Waals surface area contributed by atoms with Crippen molar-refractivity contribution in [2.75, 3.05) is 5.32 Å². The van der Waals surface area contributed by atoms with E-state index in [2.05, 4.69) is 48.7 Å². The number of hydrogen-bond acceptors (Lipinski definition) is 1. The fourth-order valence-corrected chi connectivity index (χ4v) is 2.34. The molecule has 1 atom stereocenters. The molecule has 21 heavy (non-hydrogen) atoms. The van der Waals surface area contributed by atoms with Crippen molar-refractivity contribution in [1.82, 2.24) is 5.32 Å². The lowest BCUT2D eigenvalue weighted by Gasteiger charge is -2.20. The number of thiocarbonyl (C=S) groups is 1. The Morgan fingerprint density at radius 3 is 2.29 bits per heavy atom. The van der Waals surface area contributed by atoms with Crippen molar-refractivity contribution in [2.24, 2.45) is 0 Å². The summed E-state index contributed by atoms with van der Waals surface area (Å²) in [6.07, 6.45) is 0.925. The summed E-state index contributed by atoms with van der Waals surface area (Å²) in [4.78, 5) is 0. The lowest BCUT2D eigenvalue weighted by molar-refractivity contribution is 0.627. The van der Waals surface area contributed by atoms with Gasteiger partial charge in [0.25, 0.3) is 0 Å². The Kier molecular flexibility index (Phi) is 5.28. The zero-order valence-corrected chi connectivity index (χ0v) is 13.0. The maximum absolute atomic E-state index is 12.9. The van der Waals surface area contributed by atoms with E-state index in [0.717, 1.165) is 12.1 Å². The van der Waals surface area contributed by atoms with Gasteiger partial charge in [0.2, 0.25) is 0 Å². The first-order chi connectivity index (χ1) is 10.1. The van der Waals surface area contributed by atoms with Crippen molar-refractivity contribution < 1.29 is 4.39 Å². The van der Waals surface area contributed by atoms with Crippen LogP contribution in [0.25, 0.3) is 0 Å². The van der Waals surface area contributed by atoms with Gasteiger partial charge in [0, 0.05) is 5.69 Å². The van der Waals surface area contributed by atoms with Gasteiger partial charge in [-0.05, 0) is 55.4 Å². The molecule has 0 aliphatic carbocycles. The predicted octanol–water partition coefficient (Wildman–Crippen LogP) is 4.57. The van der Waals surface area contributed by atoms with Crippen molar-refractivity contribution in [3.05, 3.63) is 65.5 Å². The van der Waals surface area contributed by atoms with Crippen LogP contribution in [0.5, 0.6) is 0 Å². The maximum Gasteiger partial charge on any atom is 0.171 e. The van der Waals surface area contributed by atoms with Crippen LogP contribution in [0.1, 0.15) is 30.5 Å². The number of aryl methyl sites for hydroxylation is 1. The molecule has 0 heterocycles. The topological polar surface area (TPSA) is 24.1 Å². The number of nitrogens with one attached hydrogen (secondary N) is 2. The predicted molar refractivity (Wildman–Crippen MR) is 90.0 cm³/mol. The molecule has 0 saturated carbocycles. The van der Waals surface area contributed by atoms with Gasteiger partial charge in [0.1, 0.15) is 5.82 Å².